The summed E-state index contributed by atoms with van der Waals surface area (Å²) < 4.78 is 11.1. The molecule has 0 aliphatic rings. The van der Waals surface area contributed by atoms with Gasteiger partial charge in [0.05, 0.1) is 13.7 Å². The van der Waals surface area contributed by atoms with Crippen molar-refractivity contribution in [2.75, 3.05) is 27.3 Å². The van der Waals surface area contributed by atoms with E-state index >= 15 is 0 Å². The molecule has 2 aromatic rings. The predicted octanol–water partition coefficient (Wildman–Crippen LogP) is 3.31. The summed E-state index contributed by atoms with van der Waals surface area (Å²) in [7, 11) is 3.47. The zero-order valence-electron chi connectivity index (χ0n) is 16.1. The van der Waals surface area contributed by atoms with Gasteiger partial charge < -0.3 is 20.1 Å². The first kappa shape index (κ1) is 19.6. The van der Waals surface area contributed by atoms with Gasteiger partial charge in [-0.2, -0.15) is 0 Å². The summed E-state index contributed by atoms with van der Waals surface area (Å²) in [5.74, 6) is 2.60. The second-order valence-electron chi connectivity index (χ2n) is 5.96. The van der Waals surface area contributed by atoms with E-state index in [2.05, 4.69) is 46.8 Å². The van der Waals surface area contributed by atoms with Gasteiger partial charge in [0.2, 0.25) is 0 Å². The minimum Gasteiger partial charge on any atom is -0.496 e. The minimum absolute atomic E-state index is 0.655. The first-order chi connectivity index (χ1) is 12.7. The van der Waals surface area contributed by atoms with Crippen LogP contribution < -0.4 is 20.1 Å². The SMILES string of the molecule is CCOc1cc(C)ccc1CNC(=NC)NCCc1ccccc1OC. The van der Waals surface area contributed by atoms with Gasteiger partial charge in [0.1, 0.15) is 11.5 Å². The average molecular weight is 355 g/mol. The largest absolute Gasteiger partial charge is 0.496 e. The lowest BCUT2D eigenvalue weighted by molar-refractivity contribution is 0.336. The molecule has 0 saturated heterocycles. The fraction of sp³-hybridized carbons (Fsp3) is 0.381. The second-order valence-corrected chi connectivity index (χ2v) is 5.96. The molecule has 0 aromatic heterocycles. The molecule has 2 N–H and O–H groups in total. The van der Waals surface area contributed by atoms with Crippen LogP contribution in [-0.2, 0) is 13.0 Å². The Labute approximate surface area is 156 Å². The molecule has 0 heterocycles. The van der Waals surface area contributed by atoms with Crippen molar-refractivity contribution in [1.29, 1.82) is 0 Å². The third-order valence-corrected chi connectivity index (χ3v) is 4.07. The van der Waals surface area contributed by atoms with Crippen LogP contribution in [0.4, 0.5) is 0 Å². The predicted molar refractivity (Wildman–Crippen MR) is 107 cm³/mol. The summed E-state index contributed by atoms with van der Waals surface area (Å²) in [4.78, 5) is 4.29. The molecule has 140 valence electrons. The lowest BCUT2D eigenvalue weighted by atomic mass is 10.1. The summed E-state index contributed by atoms with van der Waals surface area (Å²) in [6, 6.07) is 14.3. The van der Waals surface area contributed by atoms with Crippen LogP contribution >= 0.6 is 0 Å². The third-order valence-electron chi connectivity index (χ3n) is 4.07. The summed E-state index contributed by atoms with van der Waals surface area (Å²) in [5, 5.41) is 6.69. The fourth-order valence-corrected chi connectivity index (χ4v) is 2.72. The van der Waals surface area contributed by atoms with Crippen molar-refractivity contribution in [1.82, 2.24) is 10.6 Å². The van der Waals surface area contributed by atoms with Crippen LogP contribution in [0.15, 0.2) is 47.5 Å². The molecule has 0 unspecified atom stereocenters. The number of guanidine groups is 1. The van der Waals surface area contributed by atoms with Gasteiger partial charge in [-0.25, -0.2) is 0 Å². The molecular formula is C21H29N3O2. The number of hydrogen-bond acceptors (Lipinski definition) is 3. The number of aryl methyl sites for hydroxylation is 1. The van der Waals surface area contributed by atoms with E-state index in [-0.39, 0.29) is 0 Å². The topological polar surface area (TPSA) is 54.9 Å². The van der Waals surface area contributed by atoms with Crippen molar-refractivity contribution in [3.63, 3.8) is 0 Å². The lowest BCUT2D eigenvalue weighted by Crippen LogP contribution is -2.38. The van der Waals surface area contributed by atoms with Crippen LogP contribution in [0.25, 0.3) is 0 Å². The Morgan fingerprint density at radius 3 is 2.58 bits per heavy atom. The molecule has 0 saturated carbocycles. The average Bonchev–Trinajstić information content (AvgIpc) is 2.66. The number of benzene rings is 2. The molecule has 0 aliphatic carbocycles. The van der Waals surface area contributed by atoms with Gasteiger partial charge in [-0.3, -0.25) is 4.99 Å². The molecule has 0 amide bonds. The number of nitrogens with zero attached hydrogens (tertiary/aromatic N) is 1. The molecule has 2 rings (SSSR count). The third kappa shape index (κ3) is 5.69. The standard InChI is InChI=1S/C21H29N3O2/c1-5-26-20-14-16(2)10-11-18(20)15-24-21(22-3)23-13-12-17-8-6-7-9-19(17)25-4/h6-11,14H,5,12-13,15H2,1-4H3,(H2,22,23,24). The monoisotopic (exact) mass is 355 g/mol. The summed E-state index contributed by atoms with van der Waals surface area (Å²) in [5.41, 5.74) is 3.48. The minimum atomic E-state index is 0.655. The van der Waals surface area contributed by atoms with Crippen LogP contribution in [0.1, 0.15) is 23.6 Å². The van der Waals surface area contributed by atoms with E-state index in [1.54, 1.807) is 14.2 Å². The quantitative estimate of drug-likeness (QED) is 0.563. The first-order valence-electron chi connectivity index (χ1n) is 8.96. The van der Waals surface area contributed by atoms with Crippen molar-refractivity contribution in [3.8, 4) is 11.5 Å². The smallest absolute Gasteiger partial charge is 0.191 e. The van der Waals surface area contributed by atoms with Gasteiger partial charge in [-0.05, 0) is 43.5 Å². The normalized spacial score (nSPS) is 11.2. The van der Waals surface area contributed by atoms with Crippen molar-refractivity contribution in [2.24, 2.45) is 4.99 Å². The van der Waals surface area contributed by atoms with E-state index in [0.29, 0.717) is 13.2 Å². The Morgan fingerprint density at radius 2 is 1.85 bits per heavy atom. The second kappa shape index (κ2) is 10.3. The van der Waals surface area contributed by atoms with E-state index in [9.17, 15) is 0 Å². The molecule has 26 heavy (non-hydrogen) atoms. The zero-order chi connectivity index (χ0) is 18.8. The van der Waals surface area contributed by atoms with Crippen molar-refractivity contribution < 1.29 is 9.47 Å². The molecule has 0 radical (unpaired) electrons. The number of para-hydroxylation sites is 1. The Bertz CT molecular complexity index is 729. The zero-order valence-corrected chi connectivity index (χ0v) is 16.1. The van der Waals surface area contributed by atoms with E-state index in [1.165, 1.54) is 11.1 Å². The van der Waals surface area contributed by atoms with Gasteiger partial charge in [0.25, 0.3) is 0 Å². The van der Waals surface area contributed by atoms with Crippen LogP contribution in [0, 0.1) is 6.92 Å². The maximum Gasteiger partial charge on any atom is 0.191 e. The number of ether oxygens (including phenoxy) is 2. The van der Waals surface area contributed by atoms with Crippen molar-refractivity contribution in [2.45, 2.75) is 26.8 Å². The lowest BCUT2D eigenvalue weighted by Gasteiger charge is -2.15. The van der Waals surface area contributed by atoms with Crippen molar-refractivity contribution >= 4 is 5.96 Å². The summed E-state index contributed by atoms with van der Waals surface area (Å²) in [6.07, 6.45) is 0.861. The molecule has 5 heteroatoms. The van der Waals surface area contributed by atoms with E-state index in [1.807, 2.05) is 25.1 Å². The van der Waals surface area contributed by atoms with Gasteiger partial charge >= 0.3 is 0 Å². The highest BCUT2D eigenvalue weighted by molar-refractivity contribution is 5.79. The number of nitrogens with one attached hydrogen (secondary N) is 2. The van der Waals surface area contributed by atoms with Gasteiger partial charge in [-0.15, -0.1) is 0 Å². The summed E-state index contributed by atoms with van der Waals surface area (Å²) >= 11 is 0. The molecule has 0 aliphatic heterocycles. The van der Waals surface area contributed by atoms with Crippen LogP contribution in [0.2, 0.25) is 0 Å². The molecule has 0 atom stereocenters. The molecule has 0 fully saturated rings. The molecule has 0 spiro atoms. The molecular weight excluding hydrogens is 326 g/mol. The highest BCUT2D eigenvalue weighted by Crippen LogP contribution is 2.20. The highest BCUT2D eigenvalue weighted by Gasteiger charge is 2.06. The Morgan fingerprint density at radius 1 is 1.04 bits per heavy atom. The number of aliphatic imine (C=N–C) groups is 1. The number of hydrogen-bond donors (Lipinski definition) is 2. The fourth-order valence-electron chi connectivity index (χ4n) is 2.72. The van der Waals surface area contributed by atoms with Gasteiger partial charge in [0.15, 0.2) is 5.96 Å². The first-order valence-corrected chi connectivity index (χ1v) is 8.96. The Hall–Kier alpha value is -2.69. The van der Waals surface area contributed by atoms with Crippen LogP contribution in [0.3, 0.4) is 0 Å². The van der Waals surface area contributed by atoms with Crippen LogP contribution in [0.5, 0.6) is 11.5 Å². The Kier molecular flexibility index (Phi) is 7.80. The summed E-state index contributed by atoms with van der Waals surface area (Å²) in [6.45, 7) is 6.15. The highest BCUT2D eigenvalue weighted by atomic mass is 16.5. The van der Waals surface area contributed by atoms with Gasteiger partial charge in [-0.1, -0.05) is 30.3 Å². The van der Waals surface area contributed by atoms with Crippen molar-refractivity contribution in [3.05, 3.63) is 59.2 Å². The van der Waals surface area contributed by atoms with E-state index < -0.39 is 0 Å². The van der Waals surface area contributed by atoms with Gasteiger partial charge in [0, 0.05) is 25.7 Å². The maximum atomic E-state index is 5.73. The van der Waals surface area contributed by atoms with Crippen LogP contribution in [-0.4, -0.2) is 33.3 Å². The van der Waals surface area contributed by atoms with E-state index in [0.717, 1.165) is 36.0 Å². The van der Waals surface area contributed by atoms with E-state index in [4.69, 9.17) is 9.47 Å². The number of rotatable bonds is 8. The maximum absolute atomic E-state index is 5.73. The Balaban J connectivity index is 1.88. The number of methoxy groups -OCH3 is 1. The molecule has 5 nitrogen and oxygen atoms in total. The molecule has 0 bridgehead atoms. The molecule has 2 aromatic carbocycles.